The Morgan fingerprint density at radius 1 is 1.00 bits per heavy atom. The summed E-state index contributed by atoms with van der Waals surface area (Å²) in [4.78, 5) is 0. The van der Waals surface area contributed by atoms with Crippen LogP contribution in [0.5, 0.6) is 5.75 Å². The third kappa shape index (κ3) is 6.33. The molecule has 0 spiro atoms. The summed E-state index contributed by atoms with van der Waals surface area (Å²) in [6.45, 7) is 4.09. The molecule has 2 aromatic carbocycles. The van der Waals surface area contributed by atoms with E-state index in [-0.39, 0.29) is 30.2 Å². The van der Waals surface area contributed by atoms with Crippen molar-refractivity contribution in [1.29, 1.82) is 0 Å². The minimum atomic E-state index is -0.603. The summed E-state index contributed by atoms with van der Waals surface area (Å²) in [5, 5.41) is 23.9. The van der Waals surface area contributed by atoms with Gasteiger partial charge in [-0.1, -0.05) is 35.9 Å². The van der Waals surface area contributed by atoms with Crippen LogP contribution in [0.3, 0.4) is 0 Å². The highest BCUT2D eigenvalue weighted by Gasteiger charge is 2.18. The van der Waals surface area contributed by atoms with E-state index in [2.05, 4.69) is 12.2 Å². The second-order valence-electron chi connectivity index (χ2n) is 6.06. The molecule has 0 aliphatic rings. The lowest BCUT2D eigenvalue weighted by Crippen LogP contribution is -2.38. The Hall–Kier alpha value is -1.26. The van der Waals surface area contributed by atoms with Gasteiger partial charge in [0.15, 0.2) is 0 Å². The van der Waals surface area contributed by atoms with Crippen LogP contribution in [0.15, 0.2) is 48.5 Å². The second-order valence-corrected chi connectivity index (χ2v) is 6.49. The number of benzene rings is 2. The van der Waals surface area contributed by atoms with Crippen molar-refractivity contribution >= 4 is 24.0 Å². The average Bonchev–Trinajstić information content (AvgIpc) is 2.54. The Morgan fingerprint density at radius 2 is 1.58 bits per heavy atom. The average molecular weight is 370 g/mol. The lowest BCUT2D eigenvalue weighted by atomic mass is 10.0. The van der Waals surface area contributed by atoms with Crippen molar-refractivity contribution in [2.45, 2.75) is 44.9 Å². The summed E-state index contributed by atoms with van der Waals surface area (Å²) in [5.41, 5.74) is 2.06. The predicted molar refractivity (Wildman–Crippen MR) is 102 cm³/mol. The van der Waals surface area contributed by atoms with Crippen molar-refractivity contribution in [2.24, 2.45) is 0 Å². The van der Waals surface area contributed by atoms with E-state index in [0.29, 0.717) is 0 Å². The number of phenolic OH excluding ortho intramolecular Hbond substituents is 1. The fourth-order valence-electron chi connectivity index (χ4n) is 2.62. The third-order valence-corrected chi connectivity index (χ3v) is 4.29. The van der Waals surface area contributed by atoms with Gasteiger partial charge in [-0.3, -0.25) is 0 Å². The second kappa shape index (κ2) is 9.90. The maximum Gasteiger partial charge on any atom is 0.115 e. The molecule has 2 aromatic rings. The van der Waals surface area contributed by atoms with Crippen LogP contribution in [0.25, 0.3) is 0 Å². The molecular formula is C19H25Cl2NO2. The molecule has 0 bridgehead atoms. The van der Waals surface area contributed by atoms with Crippen LogP contribution in [0.4, 0.5) is 0 Å². The number of aliphatic hydroxyl groups is 1. The van der Waals surface area contributed by atoms with Crippen molar-refractivity contribution < 1.29 is 10.2 Å². The van der Waals surface area contributed by atoms with Gasteiger partial charge in [-0.2, -0.15) is 0 Å². The summed E-state index contributed by atoms with van der Waals surface area (Å²) >= 11 is 5.89. The molecule has 0 aliphatic carbocycles. The first-order valence-electron chi connectivity index (χ1n) is 7.93. The summed E-state index contributed by atoms with van der Waals surface area (Å²) in [7, 11) is 0. The van der Waals surface area contributed by atoms with E-state index in [1.807, 2.05) is 31.2 Å². The number of aromatic hydroxyl groups is 1. The van der Waals surface area contributed by atoms with Gasteiger partial charge in [-0.15, -0.1) is 12.4 Å². The van der Waals surface area contributed by atoms with Crippen molar-refractivity contribution in [3.05, 3.63) is 64.7 Å². The Labute approximate surface area is 155 Å². The summed E-state index contributed by atoms with van der Waals surface area (Å²) in [6, 6.07) is 14.8. The minimum Gasteiger partial charge on any atom is -0.508 e. The molecule has 0 saturated carbocycles. The number of hydrogen-bond donors (Lipinski definition) is 3. The number of nitrogens with one attached hydrogen (secondary N) is 1. The van der Waals surface area contributed by atoms with Gasteiger partial charge in [0.05, 0.1) is 6.10 Å². The maximum absolute atomic E-state index is 10.4. The molecule has 132 valence electrons. The van der Waals surface area contributed by atoms with Crippen LogP contribution >= 0.6 is 24.0 Å². The molecule has 3 N–H and O–H groups in total. The Morgan fingerprint density at radius 3 is 2.17 bits per heavy atom. The fourth-order valence-corrected chi connectivity index (χ4v) is 2.74. The van der Waals surface area contributed by atoms with Gasteiger partial charge in [0.1, 0.15) is 5.75 Å². The number of halogens is 2. The topological polar surface area (TPSA) is 52.5 Å². The zero-order valence-electron chi connectivity index (χ0n) is 13.9. The van der Waals surface area contributed by atoms with E-state index in [0.717, 1.165) is 23.4 Å². The molecule has 0 fully saturated rings. The number of hydrogen-bond acceptors (Lipinski definition) is 3. The van der Waals surface area contributed by atoms with Crippen molar-refractivity contribution in [2.75, 3.05) is 0 Å². The zero-order valence-corrected chi connectivity index (χ0v) is 15.5. The monoisotopic (exact) mass is 369 g/mol. The van der Waals surface area contributed by atoms with Gasteiger partial charge >= 0.3 is 0 Å². The molecule has 3 atom stereocenters. The standard InChI is InChI=1S/C19H24ClNO2.ClH/c1-13(3-4-15-5-9-17(20)10-6-15)21-14(2)19(23)16-7-11-18(22)12-8-16;/h5-14,19,21-23H,3-4H2,1-2H3;1H. The van der Waals surface area contributed by atoms with E-state index in [4.69, 9.17) is 11.6 Å². The molecule has 2 rings (SSSR count). The Balaban J connectivity index is 0.00000288. The highest BCUT2D eigenvalue weighted by Crippen LogP contribution is 2.20. The molecule has 0 aromatic heterocycles. The van der Waals surface area contributed by atoms with Gasteiger partial charge in [0.2, 0.25) is 0 Å². The predicted octanol–water partition coefficient (Wildman–Crippen LogP) is 4.50. The number of aryl methyl sites for hydroxylation is 1. The van der Waals surface area contributed by atoms with E-state index in [1.54, 1.807) is 24.3 Å². The molecule has 3 unspecified atom stereocenters. The molecule has 0 radical (unpaired) electrons. The first-order valence-corrected chi connectivity index (χ1v) is 8.31. The van der Waals surface area contributed by atoms with Crippen LogP contribution in [0.2, 0.25) is 5.02 Å². The number of rotatable bonds is 7. The quantitative estimate of drug-likeness (QED) is 0.673. The first kappa shape index (κ1) is 20.8. The number of aliphatic hydroxyl groups excluding tert-OH is 1. The molecule has 0 heterocycles. The van der Waals surface area contributed by atoms with Gasteiger partial charge in [-0.25, -0.2) is 0 Å². The summed E-state index contributed by atoms with van der Waals surface area (Å²) in [6.07, 6.45) is 1.34. The number of phenols is 1. The van der Waals surface area contributed by atoms with Crippen molar-refractivity contribution in [1.82, 2.24) is 5.32 Å². The van der Waals surface area contributed by atoms with Crippen molar-refractivity contribution in [3.8, 4) is 5.75 Å². The smallest absolute Gasteiger partial charge is 0.115 e. The molecular weight excluding hydrogens is 345 g/mol. The maximum atomic E-state index is 10.4. The Kier molecular flexibility index (Phi) is 8.57. The molecule has 5 heteroatoms. The first-order chi connectivity index (χ1) is 11.0. The fraction of sp³-hybridized carbons (Fsp3) is 0.368. The van der Waals surface area contributed by atoms with Gasteiger partial charge in [-0.05, 0) is 62.1 Å². The van der Waals surface area contributed by atoms with Crippen LogP contribution in [0, 0.1) is 0 Å². The van der Waals surface area contributed by atoms with Crippen LogP contribution in [-0.4, -0.2) is 22.3 Å². The normalized spacial score (nSPS) is 14.5. The molecule has 0 aliphatic heterocycles. The summed E-state index contributed by atoms with van der Waals surface area (Å²) in [5.74, 6) is 0.206. The summed E-state index contributed by atoms with van der Waals surface area (Å²) < 4.78 is 0. The van der Waals surface area contributed by atoms with E-state index < -0.39 is 6.10 Å². The zero-order chi connectivity index (χ0) is 16.8. The lowest BCUT2D eigenvalue weighted by molar-refractivity contribution is 0.129. The third-order valence-electron chi connectivity index (χ3n) is 4.03. The molecule has 24 heavy (non-hydrogen) atoms. The highest BCUT2D eigenvalue weighted by atomic mass is 35.5. The lowest BCUT2D eigenvalue weighted by Gasteiger charge is -2.25. The van der Waals surface area contributed by atoms with Gasteiger partial charge in [0, 0.05) is 17.1 Å². The van der Waals surface area contributed by atoms with Crippen LogP contribution in [0.1, 0.15) is 37.5 Å². The molecule has 3 nitrogen and oxygen atoms in total. The van der Waals surface area contributed by atoms with Gasteiger partial charge < -0.3 is 15.5 Å². The van der Waals surface area contributed by atoms with Crippen LogP contribution in [-0.2, 0) is 6.42 Å². The van der Waals surface area contributed by atoms with Crippen molar-refractivity contribution in [3.63, 3.8) is 0 Å². The molecule has 0 amide bonds. The Bertz CT molecular complexity index is 602. The SMILES string of the molecule is CC(CCc1ccc(Cl)cc1)NC(C)C(O)c1ccc(O)cc1.Cl. The van der Waals surface area contributed by atoms with E-state index in [1.165, 1.54) is 5.56 Å². The largest absolute Gasteiger partial charge is 0.508 e. The van der Waals surface area contributed by atoms with E-state index >= 15 is 0 Å². The van der Waals surface area contributed by atoms with E-state index in [9.17, 15) is 10.2 Å². The van der Waals surface area contributed by atoms with Gasteiger partial charge in [0.25, 0.3) is 0 Å². The highest BCUT2D eigenvalue weighted by molar-refractivity contribution is 6.30. The van der Waals surface area contributed by atoms with Crippen LogP contribution < -0.4 is 5.32 Å². The molecule has 0 saturated heterocycles. The minimum absolute atomic E-state index is 0.